The molecule has 3 N–H and O–H groups in total. The molecule has 12 heavy (non-hydrogen) atoms. The molecule has 1 fully saturated rings. The van der Waals surface area contributed by atoms with Gasteiger partial charge in [0.25, 0.3) is 0 Å². The third kappa shape index (κ3) is 0.836. The Morgan fingerprint density at radius 1 is 1.42 bits per heavy atom. The minimum Gasteiger partial charge on any atom is -0.382 e. The molecule has 0 aromatic rings. The number of nitrogens with one attached hydrogen (secondary N) is 3. The van der Waals surface area contributed by atoms with E-state index in [2.05, 4.69) is 34.4 Å². The number of rotatable bonds is 0. The van der Waals surface area contributed by atoms with Crippen LogP contribution in [0.4, 0.5) is 0 Å². The van der Waals surface area contributed by atoms with E-state index in [1.165, 1.54) is 12.1 Å². The maximum absolute atomic E-state index is 3.52. The van der Waals surface area contributed by atoms with E-state index in [0.29, 0.717) is 12.1 Å². The van der Waals surface area contributed by atoms with Crippen molar-refractivity contribution in [3.63, 3.8) is 0 Å². The monoisotopic (exact) mass is 163 g/mol. The Morgan fingerprint density at radius 2 is 2.42 bits per heavy atom. The average molecular weight is 163 g/mol. The van der Waals surface area contributed by atoms with Crippen molar-refractivity contribution in [1.82, 2.24) is 16.2 Å². The van der Waals surface area contributed by atoms with Crippen LogP contribution >= 0.6 is 0 Å². The van der Waals surface area contributed by atoms with E-state index >= 15 is 0 Å². The molecule has 3 heterocycles. The molecule has 1 saturated heterocycles. The summed E-state index contributed by atoms with van der Waals surface area (Å²) in [5, 5.41) is 3.52. The van der Waals surface area contributed by atoms with Crippen molar-refractivity contribution in [1.29, 1.82) is 0 Å². The topological polar surface area (TPSA) is 36.1 Å². The van der Waals surface area contributed by atoms with E-state index < -0.39 is 0 Å². The lowest BCUT2D eigenvalue weighted by molar-refractivity contribution is 0.358. The number of allylic oxidation sites excluding steroid dienone is 1. The van der Waals surface area contributed by atoms with Crippen LogP contribution in [0, 0.1) is 5.92 Å². The first-order valence-corrected chi connectivity index (χ1v) is 4.57. The quantitative estimate of drug-likeness (QED) is 0.466. The standard InChI is InChI=1S/C9H13N3/c1-2-6-4-9-7(5-10-12-9)8(3-1)11-6/h1-2,4,7-12H,3,5H2. The Bertz CT molecular complexity index is 256. The highest BCUT2D eigenvalue weighted by atomic mass is 15.4. The molecule has 0 amide bonds. The maximum Gasteiger partial charge on any atom is 0.0476 e. The molecule has 2 bridgehead atoms. The number of hydrogen-bond acceptors (Lipinski definition) is 3. The number of hydrazine groups is 1. The predicted octanol–water partition coefficient (Wildman–Crippen LogP) is -0.105. The van der Waals surface area contributed by atoms with Crippen LogP contribution < -0.4 is 16.2 Å². The van der Waals surface area contributed by atoms with Gasteiger partial charge >= 0.3 is 0 Å². The lowest BCUT2D eigenvalue weighted by Crippen LogP contribution is -2.47. The first kappa shape index (κ1) is 6.69. The Labute approximate surface area is 71.9 Å². The van der Waals surface area contributed by atoms with Crippen molar-refractivity contribution >= 4 is 0 Å². The smallest absolute Gasteiger partial charge is 0.0476 e. The van der Waals surface area contributed by atoms with Gasteiger partial charge in [0.05, 0.1) is 0 Å². The van der Waals surface area contributed by atoms with E-state index in [-0.39, 0.29) is 0 Å². The molecule has 0 spiro atoms. The van der Waals surface area contributed by atoms with Gasteiger partial charge < -0.3 is 5.32 Å². The third-order valence-corrected chi connectivity index (χ3v) is 2.98. The summed E-state index contributed by atoms with van der Waals surface area (Å²) in [6.45, 7) is 1.08. The summed E-state index contributed by atoms with van der Waals surface area (Å²) in [7, 11) is 0. The molecular formula is C9H13N3. The minimum atomic E-state index is 0.538. The van der Waals surface area contributed by atoms with Gasteiger partial charge in [-0.25, -0.2) is 0 Å². The highest BCUT2D eigenvalue weighted by molar-refractivity contribution is 5.29. The van der Waals surface area contributed by atoms with Gasteiger partial charge in [-0.3, -0.25) is 10.9 Å². The molecule has 3 aliphatic rings. The molecule has 0 aliphatic carbocycles. The summed E-state index contributed by atoms with van der Waals surface area (Å²) < 4.78 is 0. The molecular weight excluding hydrogens is 150 g/mol. The molecule has 3 rings (SSSR count). The van der Waals surface area contributed by atoms with E-state index in [1.807, 2.05) is 0 Å². The van der Waals surface area contributed by atoms with Gasteiger partial charge in [0.15, 0.2) is 0 Å². The number of hydrogen-bond donors (Lipinski definition) is 3. The van der Waals surface area contributed by atoms with Crippen molar-refractivity contribution in [2.75, 3.05) is 6.54 Å². The second-order valence-electron chi connectivity index (χ2n) is 3.73. The Morgan fingerprint density at radius 3 is 3.42 bits per heavy atom. The molecule has 3 heteroatoms. The molecule has 0 saturated carbocycles. The molecule has 64 valence electrons. The highest BCUT2D eigenvalue weighted by Crippen LogP contribution is 2.26. The first-order valence-electron chi connectivity index (χ1n) is 4.57. The molecule has 3 unspecified atom stereocenters. The molecule has 3 atom stereocenters. The summed E-state index contributed by atoms with van der Waals surface area (Å²) in [5.74, 6) is 0.721. The molecule has 3 nitrogen and oxygen atoms in total. The summed E-state index contributed by atoms with van der Waals surface area (Å²) >= 11 is 0. The fourth-order valence-corrected chi connectivity index (χ4v) is 2.33. The summed E-state index contributed by atoms with van der Waals surface area (Å²) in [4.78, 5) is 0. The van der Waals surface area contributed by atoms with Crippen LogP contribution in [-0.4, -0.2) is 18.6 Å². The third-order valence-electron chi connectivity index (χ3n) is 2.98. The fourth-order valence-electron chi connectivity index (χ4n) is 2.33. The van der Waals surface area contributed by atoms with Crippen molar-refractivity contribution in [2.45, 2.75) is 18.5 Å². The number of fused-ring (bicyclic) bond motifs is 4. The second-order valence-corrected chi connectivity index (χ2v) is 3.73. The zero-order valence-electron chi connectivity index (χ0n) is 6.88. The Balaban J connectivity index is 1.98. The molecule has 0 aromatic carbocycles. The Kier molecular flexibility index (Phi) is 1.31. The zero-order valence-corrected chi connectivity index (χ0v) is 6.88. The van der Waals surface area contributed by atoms with Crippen molar-refractivity contribution in [3.05, 3.63) is 23.9 Å². The van der Waals surface area contributed by atoms with E-state index in [4.69, 9.17) is 0 Å². The van der Waals surface area contributed by atoms with Gasteiger partial charge in [0.2, 0.25) is 0 Å². The minimum absolute atomic E-state index is 0.538. The van der Waals surface area contributed by atoms with Crippen LogP contribution in [-0.2, 0) is 0 Å². The maximum atomic E-state index is 3.52. The molecule has 0 aromatic heterocycles. The summed E-state index contributed by atoms with van der Waals surface area (Å²) in [6.07, 6.45) is 7.88. The van der Waals surface area contributed by atoms with Crippen LogP contribution in [0.1, 0.15) is 6.42 Å². The second kappa shape index (κ2) is 2.34. The zero-order chi connectivity index (χ0) is 7.97. The van der Waals surface area contributed by atoms with Gasteiger partial charge in [-0.05, 0) is 18.6 Å². The summed E-state index contributed by atoms with van der Waals surface area (Å²) in [5.41, 5.74) is 7.78. The van der Waals surface area contributed by atoms with Gasteiger partial charge in [-0.2, -0.15) is 0 Å². The lowest BCUT2D eigenvalue weighted by atomic mass is 9.85. The van der Waals surface area contributed by atoms with Gasteiger partial charge in [0.1, 0.15) is 0 Å². The normalized spacial score (nSPS) is 43.3. The predicted molar refractivity (Wildman–Crippen MR) is 47.2 cm³/mol. The van der Waals surface area contributed by atoms with Crippen molar-refractivity contribution in [2.24, 2.45) is 5.92 Å². The fraction of sp³-hybridized carbons (Fsp3) is 0.556. The van der Waals surface area contributed by atoms with Crippen molar-refractivity contribution < 1.29 is 0 Å². The Hall–Kier alpha value is -0.800. The van der Waals surface area contributed by atoms with E-state index in [0.717, 1.165) is 12.5 Å². The van der Waals surface area contributed by atoms with Crippen molar-refractivity contribution in [3.8, 4) is 0 Å². The van der Waals surface area contributed by atoms with Crippen LogP contribution in [0.15, 0.2) is 23.9 Å². The van der Waals surface area contributed by atoms with Crippen LogP contribution in [0.25, 0.3) is 0 Å². The van der Waals surface area contributed by atoms with Crippen LogP contribution in [0.5, 0.6) is 0 Å². The lowest BCUT2D eigenvalue weighted by Gasteiger charge is -2.34. The molecule has 0 radical (unpaired) electrons. The first-order chi connectivity index (χ1) is 5.93. The van der Waals surface area contributed by atoms with E-state index in [9.17, 15) is 0 Å². The van der Waals surface area contributed by atoms with Gasteiger partial charge in [-0.15, -0.1) is 0 Å². The molecule has 3 aliphatic heterocycles. The van der Waals surface area contributed by atoms with Crippen LogP contribution in [0.2, 0.25) is 0 Å². The van der Waals surface area contributed by atoms with Crippen LogP contribution in [0.3, 0.4) is 0 Å². The summed E-state index contributed by atoms with van der Waals surface area (Å²) in [6, 6.07) is 1.18. The van der Waals surface area contributed by atoms with Gasteiger partial charge in [0, 0.05) is 30.2 Å². The average Bonchev–Trinajstić information content (AvgIpc) is 2.53. The highest BCUT2D eigenvalue weighted by Gasteiger charge is 2.36. The van der Waals surface area contributed by atoms with E-state index in [1.54, 1.807) is 0 Å². The van der Waals surface area contributed by atoms with Gasteiger partial charge in [-0.1, -0.05) is 6.08 Å². The SMILES string of the molecule is C1=CC2=CC3NNCC3C(C1)N2. The largest absolute Gasteiger partial charge is 0.382 e.